The molecule has 0 aromatic heterocycles. The maximum atomic E-state index is 13.5. The van der Waals surface area contributed by atoms with Crippen molar-refractivity contribution < 1.29 is 24.2 Å². The molecule has 1 aromatic rings. The van der Waals surface area contributed by atoms with E-state index in [2.05, 4.69) is 20.3 Å². The van der Waals surface area contributed by atoms with Gasteiger partial charge in [0.1, 0.15) is 6.54 Å². The molecule has 0 spiro atoms. The fraction of sp³-hybridized carbons (Fsp3) is 0.286. The van der Waals surface area contributed by atoms with E-state index < -0.39 is 12.0 Å². The summed E-state index contributed by atoms with van der Waals surface area (Å²) in [6.07, 6.45) is 13.0. The highest BCUT2D eigenvalue weighted by molar-refractivity contribution is 6.30. The number of aliphatic carboxylic acids is 1. The lowest BCUT2D eigenvalue weighted by Crippen LogP contribution is -2.50. The summed E-state index contributed by atoms with van der Waals surface area (Å²) in [5, 5.41) is 12.3. The Morgan fingerprint density at radius 2 is 1.98 bits per heavy atom. The van der Waals surface area contributed by atoms with Crippen LogP contribution in [0.15, 0.2) is 87.8 Å². The molecule has 0 radical (unpaired) electrons. The third-order valence-electron chi connectivity index (χ3n) is 5.23. The monoisotopic (exact) mass is 568 g/mol. The van der Waals surface area contributed by atoms with Crippen molar-refractivity contribution >= 4 is 47.6 Å². The first-order chi connectivity index (χ1) is 19.3. The number of unbranched alkanes of at least 4 members (excludes halogenated alkanes) is 1. The van der Waals surface area contributed by atoms with Crippen LogP contribution < -0.4 is 5.32 Å². The van der Waals surface area contributed by atoms with Crippen LogP contribution in [0, 0.1) is 0 Å². The zero-order chi connectivity index (χ0) is 29.3. The van der Waals surface area contributed by atoms with Gasteiger partial charge in [0, 0.05) is 36.6 Å². The molecule has 2 N–H and O–H groups in total. The van der Waals surface area contributed by atoms with Crippen molar-refractivity contribution in [3.8, 4) is 0 Å². The molecule has 212 valence electrons. The van der Waals surface area contributed by atoms with Crippen LogP contribution in [0.5, 0.6) is 0 Å². The van der Waals surface area contributed by atoms with Crippen molar-refractivity contribution in [3.63, 3.8) is 0 Å². The van der Waals surface area contributed by atoms with E-state index in [4.69, 9.17) is 21.4 Å². The SMILES string of the molecule is C\C=C/C(=C\C=C\OC(C=N/C=C/C(=O)O)=NC)NC1=NCC(=O)N(CCCC)C(=O)N1Cc1ccc(Cl)cc1. The highest BCUT2D eigenvalue weighted by Gasteiger charge is 2.32. The summed E-state index contributed by atoms with van der Waals surface area (Å²) in [6, 6.07) is 6.64. The molecule has 0 saturated carbocycles. The molecular formula is C28H33ClN6O5. The number of halogens is 1. The number of rotatable bonds is 12. The lowest BCUT2D eigenvalue weighted by atomic mass is 10.2. The number of ether oxygens (including phenoxy) is 1. The number of carboxylic acids is 1. The number of amides is 3. The molecule has 0 atom stereocenters. The van der Waals surface area contributed by atoms with E-state index in [0.717, 1.165) is 24.3 Å². The standard InChI is InChI=1S/C28H33ClN6O5/c1-4-6-16-34-25(36)19-32-27(35(28(34)39)20-21-10-12-22(29)13-11-21)33-23(8-5-2)9-7-17-40-24(30-3)18-31-15-14-26(37)38/h5,7-15,17-18H,4,6,16,19-20H2,1-3H3,(H,32,33)(H,37,38)/b8-5-,15-14+,17-7+,23-9+,30-24?,31-18?. The van der Waals surface area contributed by atoms with Crippen molar-refractivity contribution in [1.29, 1.82) is 0 Å². The highest BCUT2D eigenvalue weighted by Crippen LogP contribution is 2.16. The number of aliphatic imine (C=N–C) groups is 3. The van der Waals surface area contributed by atoms with Crippen LogP contribution in [0.2, 0.25) is 5.02 Å². The Kier molecular flexibility index (Phi) is 13.6. The predicted molar refractivity (Wildman–Crippen MR) is 156 cm³/mol. The summed E-state index contributed by atoms with van der Waals surface area (Å²) in [6.45, 7) is 4.13. The molecule has 0 saturated heterocycles. The second-order valence-electron chi connectivity index (χ2n) is 8.22. The number of guanidine groups is 1. The van der Waals surface area contributed by atoms with Gasteiger partial charge in [0.25, 0.3) is 5.91 Å². The Labute approximate surface area is 238 Å². The van der Waals surface area contributed by atoms with Crippen molar-refractivity contribution in [2.75, 3.05) is 20.1 Å². The first-order valence-electron chi connectivity index (χ1n) is 12.5. The summed E-state index contributed by atoms with van der Waals surface area (Å²) >= 11 is 6.03. The van der Waals surface area contributed by atoms with Crippen molar-refractivity contribution in [3.05, 3.63) is 83.4 Å². The Morgan fingerprint density at radius 1 is 1.23 bits per heavy atom. The number of allylic oxidation sites excluding steroid dienone is 4. The van der Waals surface area contributed by atoms with E-state index >= 15 is 0 Å². The van der Waals surface area contributed by atoms with Gasteiger partial charge in [-0.05, 0) is 49.3 Å². The number of carbonyl (C=O) groups is 3. The van der Waals surface area contributed by atoms with E-state index in [-0.39, 0.29) is 30.9 Å². The van der Waals surface area contributed by atoms with Gasteiger partial charge in [0.05, 0.1) is 19.0 Å². The molecule has 1 aliphatic rings. The third kappa shape index (κ3) is 10.7. The van der Waals surface area contributed by atoms with Crippen LogP contribution in [-0.4, -0.2) is 71.0 Å². The molecule has 12 heteroatoms. The van der Waals surface area contributed by atoms with Gasteiger partial charge in [-0.1, -0.05) is 43.2 Å². The number of hydrogen-bond donors (Lipinski definition) is 2. The smallest absolute Gasteiger partial charge is 0.333 e. The molecule has 1 aromatic carbocycles. The Bertz CT molecular complexity index is 1250. The molecule has 0 unspecified atom stereocenters. The van der Waals surface area contributed by atoms with Gasteiger partial charge >= 0.3 is 12.0 Å². The molecule has 11 nitrogen and oxygen atoms in total. The van der Waals surface area contributed by atoms with Crippen molar-refractivity contribution in [2.45, 2.75) is 33.2 Å². The van der Waals surface area contributed by atoms with Gasteiger partial charge in [-0.15, -0.1) is 0 Å². The van der Waals surface area contributed by atoms with E-state index in [1.54, 1.807) is 36.4 Å². The minimum Gasteiger partial charge on any atom is -0.478 e. The molecule has 3 amide bonds. The topological polar surface area (TPSA) is 136 Å². The van der Waals surface area contributed by atoms with Crippen LogP contribution in [-0.2, 0) is 20.9 Å². The zero-order valence-corrected chi connectivity index (χ0v) is 23.4. The maximum absolute atomic E-state index is 13.5. The summed E-state index contributed by atoms with van der Waals surface area (Å²) in [4.78, 5) is 51.6. The Hall–Kier alpha value is -4.51. The first kappa shape index (κ1) is 31.7. The van der Waals surface area contributed by atoms with Gasteiger partial charge in [0.15, 0.2) is 0 Å². The third-order valence-corrected chi connectivity index (χ3v) is 5.48. The maximum Gasteiger partial charge on any atom is 0.333 e. The molecular weight excluding hydrogens is 536 g/mol. The van der Waals surface area contributed by atoms with Crippen LogP contribution in [0.25, 0.3) is 0 Å². The molecule has 40 heavy (non-hydrogen) atoms. The second-order valence-corrected chi connectivity index (χ2v) is 8.66. The Morgan fingerprint density at radius 3 is 2.62 bits per heavy atom. The number of nitrogens with one attached hydrogen (secondary N) is 1. The van der Waals surface area contributed by atoms with Crippen LogP contribution in [0.1, 0.15) is 32.3 Å². The van der Waals surface area contributed by atoms with Gasteiger partial charge in [0.2, 0.25) is 11.9 Å². The van der Waals surface area contributed by atoms with Gasteiger partial charge < -0.3 is 15.2 Å². The average molecular weight is 569 g/mol. The van der Waals surface area contributed by atoms with E-state index in [0.29, 0.717) is 23.7 Å². The van der Waals surface area contributed by atoms with Crippen molar-refractivity contribution in [1.82, 2.24) is 15.1 Å². The molecule has 0 aliphatic carbocycles. The number of imide groups is 1. The van der Waals surface area contributed by atoms with E-state index in [1.807, 2.05) is 26.0 Å². The van der Waals surface area contributed by atoms with Gasteiger partial charge in [-0.2, -0.15) is 0 Å². The average Bonchev–Trinajstić information content (AvgIpc) is 3.03. The Balaban J connectivity index is 2.27. The first-order valence-corrected chi connectivity index (χ1v) is 12.9. The van der Waals surface area contributed by atoms with E-state index in [1.165, 1.54) is 29.3 Å². The highest BCUT2D eigenvalue weighted by atomic mass is 35.5. The van der Waals surface area contributed by atoms with Gasteiger partial charge in [-0.3, -0.25) is 24.6 Å². The molecule has 2 rings (SSSR count). The van der Waals surface area contributed by atoms with Crippen LogP contribution in [0.3, 0.4) is 0 Å². The zero-order valence-electron chi connectivity index (χ0n) is 22.7. The number of benzene rings is 1. The summed E-state index contributed by atoms with van der Waals surface area (Å²) in [5.74, 6) is -1.11. The lowest BCUT2D eigenvalue weighted by molar-refractivity contribution is -0.131. The summed E-state index contributed by atoms with van der Waals surface area (Å²) in [7, 11) is 1.50. The van der Waals surface area contributed by atoms with Gasteiger partial charge in [-0.25, -0.2) is 14.6 Å². The minimum atomic E-state index is -1.12. The summed E-state index contributed by atoms with van der Waals surface area (Å²) < 4.78 is 5.41. The summed E-state index contributed by atoms with van der Waals surface area (Å²) in [5.41, 5.74) is 1.38. The molecule has 1 aliphatic heterocycles. The minimum absolute atomic E-state index is 0.152. The largest absolute Gasteiger partial charge is 0.478 e. The quantitative estimate of drug-likeness (QED) is 0.125. The lowest BCUT2D eigenvalue weighted by Gasteiger charge is -2.28. The molecule has 0 fully saturated rings. The fourth-order valence-corrected chi connectivity index (χ4v) is 3.39. The number of carboxylic acid groups (broad SMARTS) is 1. The number of carbonyl (C=O) groups excluding carboxylic acids is 2. The number of urea groups is 1. The van der Waals surface area contributed by atoms with E-state index in [9.17, 15) is 14.4 Å². The van der Waals surface area contributed by atoms with Crippen LogP contribution >= 0.6 is 11.6 Å². The molecule has 1 heterocycles. The number of nitrogens with zero attached hydrogens (tertiary/aromatic N) is 5. The normalized spacial score (nSPS) is 15.6. The second kappa shape index (κ2) is 17.2. The van der Waals surface area contributed by atoms with Crippen LogP contribution in [0.4, 0.5) is 4.79 Å². The number of hydrogen-bond acceptors (Lipinski definition) is 8. The molecule has 0 bridgehead atoms. The fourth-order valence-electron chi connectivity index (χ4n) is 3.27. The van der Waals surface area contributed by atoms with Crippen molar-refractivity contribution in [2.24, 2.45) is 15.0 Å². The predicted octanol–water partition coefficient (Wildman–Crippen LogP) is 4.54.